The quantitative estimate of drug-likeness (QED) is 0.646. The van der Waals surface area contributed by atoms with Crippen molar-refractivity contribution in [1.29, 1.82) is 0 Å². The summed E-state index contributed by atoms with van der Waals surface area (Å²) < 4.78 is 104. The van der Waals surface area contributed by atoms with Crippen LogP contribution in [0, 0.1) is 0 Å². The Hall–Kier alpha value is -0.890. The Balaban J connectivity index is 4.78. The monoisotopic (exact) mass is 246 g/mol. The molecule has 90 valence electrons. The van der Waals surface area contributed by atoms with Crippen molar-refractivity contribution in [2.45, 2.75) is 24.7 Å². The maximum absolute atomic E-state index is 12.2. The summed E-state index contributed by atoms with van der Waals surface area (Å²) >= 11 is 0. The molecule has 0 spiro atoms. The van der Waals surface area contributed by atoms with Crippen LogP contribution in [-0.4, -0.2) is 18.3 Å². The molecule has 0 aliphatic rings. The summed E-state index contributed by atoms with van der Waals surface area (Å²) in [5, 5.41) is 0. The second-order valence-corrected chi connectivity index (χ2v) is 2.54. The van der Waals surface area contributed by atoms with Crippen LogP contribution in [0.25, 0.3) is 0 Å². The predicted octanol–water partition coefficient (Wildman–Crippen LogP) is 3.99. The van der Waals surface area contributed by atoms with Crippen LogP contribution in [-0.2, 0) is 0 Å². The van der Waals surface area contributed by atoms with Gasteiger partial charge in [0, 0.05) is 6.08 Å². The van der Waals surface area contributed by atoms with Gasteiger partial charge in [0.15, 0.2) is 0 Å². The van der Waals surface area contributed by atoms with Crippen molar-refractivity contribution in [3.63, 3.8) is 0 Å². The van der Waals surface area contributed by atoms with Gasteiger partial charge in [0.1, 0.15) is 6.42 Å². The van der Waals surface area contributed by atoms with Crippen LogP contribution in [0.1, 0.15) is 6.42 Å². The Morgan fingerprint density at radius 2 is 1.27 bits per heavy atom. The van der Waals surface area contributed by atoms with E-state index in [1.54, 1.807) is 0 Å². The molecular weight excluding hydrogens is 243 g/mol. The molecular formula is C6H3F9. The first kappa shape index (κ1) is 14.1. The summed E-state index contributed by atoms with van der Waals surface area (Å²) in [7, 11) is 0. The van der Waals surface area contributed by atoms with E-state index in [0.29, 0.717) is 0 Å². The standard InChI is InChI=1S/C6H3F9/c7-3(6(13,14)15)1-4(8,9)2-5(10,11)12/h1H,2H2/b3-1+. The van der Waals surface area contributed by atoms with Crippen LogP contribution in [0.2, 0.25) is 0 Å². The van der Waals surface area contributed by atoms with Gasteiger partial charge in [0.2, 0.25) is 5.83 Å². The van der Waals surface area contributed by atoms with E-state index in [0.717, 1.165) is 0 Å². The molecule has 0 saturated carbocycles. The van der Waals surface area contributed by atoms with Gasteiger partial charge in [-0.2, -0.15) is 26.3 Å². The maximum atomic E-state index is 12.2. The highest BCUT2D eigenvalue weighted by Gasteiger charge is 2.45. The summed E-state index contributed by atoms with van der Waals surface area (Å²) in [5.41, 5.74) is 0. The van der Waals surface area contributed by atoms with Crippen LogP contribution in [0.15, 0.2) is 11.9 Å². The highest BCUT2D eigenvalue weighted by molar-refractivity contribution is 5.06. The van der Waals surface area contributed by atoms with Gasteiger partial charge in [0.05, 0.1) is 0 Å². The van der Waals surface area contributed by atoms with Gasteiger partial charge < -0.3 is 0 Å². The molecule has 0 unspecified atom stereocenters. The van der Waals surface area contributed by atoms with E-state index in [4.69, 9.17) is 0 Å². The van der Waals surface area contributed by atoms with E-state index in [1.807, 2.05) is 0 Å². The van der Waals surface area contributed by atoms with Crippen LogP contribution >= 0.6 is 0 Å². The SMILES string of the molecule is F/C(=C/C(F)(F)CC(F)(F)F)C(F)(F)F. The zero-order valence-corrected chi connectivity index (χ0v) is 6.69. The molecule has 0 bridgehead atoms. The maximum Gasteiger partial charge on any atom is 0.442 e. The summed E-state index contributed by atoms with van der Waals surface area (Å²) in [6.07, 6.45) is -15.3. The molecule has 0 aromatic rings. The summed E-state index contributed by atoms with van der Waals surface area (Å²) in [4.78, 5) is 0. The van der Waals surface area contributed by atoms with Crippen molar-refractivity contribution in [3.8, 4) is 0 Å². The molecule has 0 fully saturated rings. The van der Waals surface area contributed by atoms with Crippen LogP contribution in [0.4, 0.5) is 39.5 Å². The predicted molar refractivity (Wildman–Crippen MR) is 30.9 cm³/mol. The summed E-state index contributed by atoms with van der Waals surface area (Å²) in [5.74, 6) is -8.17. The lowest BCUT2D eigenvalue weighted by Crippen LogP contribution is -2.25. The third kappa shape index (κ3) is 6.24. The normalized spacial score (nSPS) is 15.7. The van der Waals surface area contributed by atoms with Gasteiger partial charge in [-0.3, -0.25) is 0 Å². The Labute approximate surface area is 77.4 Å². The lowest BCUT2D eigenvalue weighted by molar-refractivity contribution is -0.177. The lowest BCUT2D eigenvalue weighted by Gasteiger charge is -2.15. The smallest absolute Gasteiger partial charge is 0.202 e. The molecule has 9 heteroatoms. The van der Waals surface area contributed by atoms with Crippen molar-refractivity contribution in [2.24, 2.45) is 0 Å². The fourth-order valence-electron chi connectivity index (χ4n) is 0.586. The Bertz CT molecular complexity index is 242. The molecule has 0 atom stereocenters. The largest absolute Gasteiger partial charge is 0.442 e. The molecule has 0 heterocycles. The number of alkyl halides is 8. The molecule has 0 amide bonds. The summed E-state index contributed by atoms with van der Waals surface area (Å²) in [6.45, 7) is 0. The highest BCUT2D eigenvalue weighted by atomic mass is 19.4. The highest BCUT2D eigenvalue weighted by Crippen LogP contribution is 2.36. The van der Waals surface area contributed by atoms with Crippen molar-refractivity contribution < 1.29 is 39.5 Å². The molecule has 0 aliphatic carbocycles. The molecule has 0 radical (unpaired) electrons. The van der Waals surface area contributed by atoms with Gasteiger partial charge in [-0.25, -0.2) is 13.2 Å². The van der Waals surface area contributed by atoms with Crippen LogP contribution in [0.5, 0.6) is 0 Å². The van der Waals surface area contributed by atoms with Crippen molar-refractivity contribution >= 4 is 0 Å². The van der Waals surface area contributed by atoms with Gasteiger partial charge in [-0.05, 0) is 0 Å². The van der Waals surface area contributed by atoms with Gasteiger partial charge in [0.25, 0.3) is 5.92 Å². The zero-order valence-electron chi connectivity index (χ0n) is 6.69. The lowest BCUT2D eigenvalue weighted by atomic mass is 10.2. The Morgan fingerprint density at radius 1 is 0.867 bits per heavy atom. The number of allylic oxidation sites excluding steroid dienone is 2. The first-order valence-electron chi connectivity index (χ1n) is 3.24. The first-order chi connectivity index (χ1) is 6.33. The van der Waals surface area contributed by atoms with Crippen LogP contribution < -0.4 is 0 Å². The number of hydrogen-bond acceptors (Lipinski definition) is 0. The van der Waals surface area contributed by atoms with E-state index < -0.39 is 36.6 Å². The fraction of sp³-hybridized carbons (Fsp3) is 0.667. The van der Waals surface area contributed by atoms with E-state index in [9.17, 15) is 39.5 Å². The topological polar surface area (TPSA) is 0 Å². The van der Waals surface area contributed by atoms with Gasteiger partial charge in [-0.15, -0.1) is 0 Å². The fourth-order valence-corrected chi connectivity index (χ4v) is 0.586. The minimum Gasteiger partial charge on any atom is -0.202 e. The first-order valence-corrected chi connectivity index (χ1v) is 3.24. The van der Waals surface area contributed by atoms with E-state index >= 15 is 0 Å². The number of hydrogen-bond donors (Lipinski definition) is 0. The molecule has 0 aromatic carbocycles. The second kappa shape index (κ2) is 3.93. The molecule has 0 aromatic heterocycles. The average Bonchev–Trinajstić information content (AvgIpc) is 1.76. The molecule has 0 nitrogen and oxygen atoms in total. The van der Waals surface area contributed by atoms with E-state index in [-0.39, 0.29) is 0 Å². The molecule has 0 saturated heterocycles. The van der Waals surface area contributed by atoms with Crippen molar-refractivity contribution in [2.75, 3.05) is 0 Å². The number of halogens is 9. The van der Waals surface area contributed by atoms with Gasteiger partial charge in [-0.1, -0.05) is 0 Å². The van der Waals surface area contributed by atoms with Crippen molar-refractivity contribution in [1.82, 2.24) is 0 Å². The molecule has 0 aliphatic heterocycles. The minimum atomic E-state index is -5.71. The van der Waals surface area contributed by atoms with E-state index in [2.05, 4.69) is 0 Å². The minimum absolute atomic E-state index is 1.39. The second-order valence-electron chi connectivity index (χ2n) is 2.54. The average molecular weight is 246 g/mol. The Kier molecular flexibility index (Phi) is 3.70. The third-order valence-electron chi connectivity index (χ3n) is 1.04. The van der Waals surface area contributed by atoms with Gasteiger partial charge >= 0.3 is 12.4 Å². The molecule has 15 heavy (non-hydrogen) atoms. The zero-order chi connectivity index (χ0) is 12.5. The Morgan fingerprint density at radius 3 is 1.53 bits per heavy atom. The van der Waals surface area contributed by atoms with Crippen LogP contribution in [0.3, 0.4) is 0 Å². The third-order valence-corrected chi connectivity index (χ3v) is 1.04. The number of rotatable bonds is 2. The summed E-state index contributed by atoms with van der Waals surface area (Å²) in [6, 6.07) is 0. The van der Waals surface area contributed by atoms with E-state index in [1.165, 1.54) is 0 Å². The van der Waals surface area contributed by atoms with Crippen molar-refractivity contribution in [3.05, 3.63) is 11.9 Å². The molecule has 0 N–H and O–H groups in total. The molecule has 0 rings (SSSR count).